The molecule has 0 saturated heterocycles. The van der Waals surface area contributed by atoms with Crippen LogP contribution < -0.4 is 5.32 Å². The van der Waals surface area contributed by atoms with E-state index in [4.69, 9.17) is 0 Å². The van der Waals surface area contributed by atoms with Crippen molar-refractivity contribution in [3.63, 3.8) is 0 Å². The summed E-state index contributed by atoms with van der Waals surface area (Å²) < 4.78 is 2.60. The summed E-state index contributed by atoms with van der Waals surface area (Å²) >= 11 is 2.03. The Bertz CT molecular complexity index is 429. The van der Waals surface area contributed by atoms with Crippen molar-refractivity contribution in [2.75, 3.05) is 12.8 Å². The second-order valence-electron chi connectivity index (χ2n) is 5.74. The first-order valence-corrected chi connectivity index (χ1v) is 8.58. The van der Waals surface area contributed by atoms with Crippen LogP contribution in [0.3, 0.4) is 0 Å². The van der Waals surface area contributed by atoms with Gasteiger partial charge < -0.3 is 5.32 Å². The minimum Gasteiger partial charge on any atom is -0.309 e. The van der Waals surface area contributed by atoms with E-state index in [1.54, 1.807) is 0 Å². The topological polar surface area (TPSA) is 29.9 Å². The van der Waals surface area contributed by atoms with E-state index in [0.717, 1.165) is 13.1 Å². The Labute approximate surface area is 121 Å². The van der Waals surface area contributed by atoms with Crippen molar-refractivity contribution in [1.82, 2.24) is 15.1 Å². The molecule has 0 bridgehead atoms. The third kappa shape index (κ3) is 2.84. The van der Waals surface area contributed by atoms with Crippen LogP contribution in [0.4, 0.5) is 0 Å². The van der Waals surface area contributed by atoms with Gasteiger partial charge in [0.2, 0.25) is 0 Å². The van der Waals surface area contributed by atoms with E-state index >= 15 is 0 Å². The Balaban J connectivity index is 2.03. The van der Waals surface area contributed by atoms with Crippen LogP contribution in [0.5, 0.6) is 0 Å². The molecule has 1 aromatic heterocycles. The van der Waals surface area contributed by atoms with Crippen molar-refractivity contribution in [2.24, 2.45) is 0 Å². The molecule has 1 N–H and O–H groups in total. The van der Waals surface area contributed by atoms with Crippen LogP contribution in [-0.4, -0.2) is 27.3 Å². The summed E-state index contributed by atoms with van der Waals surface area (Å²) in [4.78, 5) is 0. The van der Waals surface area contributed by atoms with Crippen LogP contribution in [0.2, 0.25) is 0 Å². The van der Waals surface area contributed by atoms with Gasteiger partial charge in [0, 0.05) is 35.1 Å². The highest BCUT2D eigenvalue weighted by molar-refractivity contribution is 8.00. The Hall–Kier alpha value is -0.480. The van der Waals surface area contributed by atoms with Gasteiger partial charge in [0.05, 0.1) is 5.69 Å². The lowest BCUT2D eigenvalue weighted by Gasteiger charge is -2.41. The normalized spacial score (nSPS) is 19.2. The van der Waals surface area contributed by atoms with Crippen LogP contribution >= 0.6 is 11.8 Å². The molecule has 3 nitrogen and oxygen atoms in total. The van der Waals surface area contributed by atoms with E-state index in [1.165, 1.54) is 36.2 Å². The fourth-order valence-corrected chi connectivity index (χ4v) is 4.04. The number of nitrogens with zero attached hydrogens (tertiary/aromatic N) is 2. The molecule has 19 heavy (non-hydrogen) atoms. The second-order valence-corrected chi connectivity index (χ2v) is 7.02. The van der Waals surface area contributed by atoms with Crippen molar-refractivity contribution in [3.05, 3.63) is 17.0 Å². The smallest absolute Gasteiger partial charge is 0.0644 e. The maximum absolute atomic E-state index is 4.62. The number of thioether (sulfide) groups is 1. The third-order valence-electron chi connectivity index (χ3n) is 4.60. The molecule has 0 aromatic carbocycles. The number of nitrogens with one attached hydrogen (secondary N) is 1. The van der Waals surface area contributed by atoms with Gasteiger partial charge in [-0.1, -0.05) is 6.42 Å². The largest absolute Gasteiger partial charge is 0.309 e. The molecule has 0 aliphatic heterocycles. The number of hydrogen-bond donors (Lipinski definition) is 1. The van der Waals surface area contributed by atoms with Crippen molar-refractivity contribution in [2.45, 2.75) is 64.3 Å². The van der Waals surface area contributed by atoms with Gasteiger partial charge >= 0.3 is 0 Å². The standard InChI is InChI=1S/C15H27N3S/c1-6-18-13(4)14(12(3)17-18)11(2)16-10-15(19-5)8-7-9-15/h11,16H,6-10H2,1-5H3. The molecule has 0 spiro atoms. The minimum atomic E-state index is 0.393. The van der Waals surface area contributed by atoms with Crippen molar-refractivity contribution in [3.8, 4) is 0 Å². The van der Waals surface area contributed by atoms with Gasteiger partial charge in [0.25, 0.3) is 0 Å². The van der Waals surface area contributed by atoms with E-state index in [9.17, 15) is 0 Å². The first kappa shape index (κ1) is 14.9. The molecular weight excluding hydrogens is 254 g/mol. The van der Waals surface area contributed by atoms with E-state index in [0.29, 0.717) is 10.8 Å². The number of aromatic nitrogens is 2. The molecule has 0 radical (unpaired) electrons. The summed E-state index contributed by atoms with van der Waals surface area (Å²) in [6, 6.07) is 0.393. The average molecular weight is 281 g/mol. The summed E-state index contributed by atoms with van der Waals surface area (Å²) in [5, 5.41) is 8.36. The summed E-state index contributed by atoms with van der Waals surface area (Å²) in [6.07, 6.45) is 6.36. The lowest BCUT2D eigenvalue weighted by molar-refractivity contribution is 0.334. The van der Waals surface area contributed by atoms with Gasteiger partial charge in [0.1, 0.15) is 0 Å². The quantitative estimate of drug-likeness (QED) is 0.866. The molecule has 0 amide bonds. The van der Waals surface area contributed by atoms with Gasteiger partial charge in [0.15, 0.2) is 0 Å². The first-order valence-electron chi connectivity index (χ1n) is 7.35. The lowest BCUT2D eigenvalue weighted by Crippen LogP contribution is -2.44. The summed E-state index contributed by atoms with van der Waals surface area (Å²) in [7, 11) is 0. The highest BCUT2D eigenvalue weighted by Crippen LogP contribution is 2.42. The minimum absolute atomic E-state index is 0.393. The van der Waals surface area contributed by atoms with E-state index in [1.807, 2.05) is 11.8 Å². The van der Waals surface area contributed by atoms with Gasteiger partial charge in [-0.3, -0.25) is 4.68 Å². The van der Waals surface area contributed by atoms with Crippen molar-refractivity contribution < 1.29 is 0 Å². The molecule has 1 atom stereocenters. The van der Waals surface area contributed by atoms with E-state index in [-0.39, 0.29) is 0 Å². The first-order chi connectivity index (χ1) is 9.03. The van der Waals surface area contributed by atoms with Gasteiger partial charge in [-0.25, -0.2) is 0 Å². The number of aryl methyl sites for hydroxylation is 2. The van der Waals surface area contributed by atoms with Crippen molar-refractivity contribution in [1.29, 1.82) is 0 Å². The Morgan fingerprint density at radius 3 is 2.53 bits per heavy atom. The fraction of sp³-hybridized carbons (Fsp3) is 0.800. The molecular formula is C15H27N3S. The fourth-order valence-electron chi connectivity index (χ4n) is 3.11. The second kappa shape index (κ2) is 5.88. The molecule has 2 rings (SSSR count). The van der Waals surface area contributed by atoms with Crippen LogP contribution in [0.15, 0.2) is 0 Å². The van der Waals surface area contributed by atoms with E-state index < -0.39 is 0 Å². The molecule has 4 heteroatoms. The zero-order valence-electron chi connectivity index (χ0n) is 12.9. The van der Waals surface area contributed by atoms with Crippen LogP contribution in [0.1, 0.15) is 56.1 Å². The van der Waals surface area contributed by atoms with E-state index in [2.05, 4.69) is 49.0 Å². The molecule has 1 aromatic rings. The van der Waals surface area contributed by atoms with Crippen LogP contribution in [0.25, 0.3) is 0 Å². The highest BCUT2D eigenvalue weighted by Gasteiger charge is 2.36. The lowest BCUT2D eigenvalue weighted by atomic mass is 9.84. The molecule has 1 aliphatic rings. The van der Waals surface area contributed by atoms with Crippen molar-refractivity contribution >= 4 is 11.8 Å². The highest BCUT2D eigenvalue weighted by atomic mass is 32.2. The summed E-state index contributed by atoms with van der Waals surface area (Å²) in [5.41, 5.74) is 3.87. The van der Waals surface area contributed by atoms with Crippen LogP contribution in [-0.2, 0) is 6.54 Å². The molecule has 1 unspecified atom stereocenters. The molecule has 1 saturated carbocycles. The number of rotatable bonds is 6. The molecule has 1 aliphatic carbocycles. The molecule has 1 heterocycles. The maximum atomic E-state index is 4.62. The van der Waals surface area contributed by atoms with Crippen LogP contribution in [0, 0.1) is 13.8 Å². The van der Waals surface area contributed by atoms with Gasteiger partial charge in [-0.15, -0.1) is 0 Å². The molecule has 1 fully saturated rings. The third-order valence-corrected chi connectivity index (χ3v) is 6.02. The Morgan fingerprint density at radius 1 is 1.42 bits per heavy atom. The zero-order chi connectivity index (χ0) is 14.0. The maximum Gasteiger partial charge on any atom is 0.0644 e. The van der Waals surface area contributed by atoms with Gasteiger partial charge in [-0.05, 0) is 46.8 Å². The summed E-state index contributed by atoms with van der Waals surface area (Å²) in [6.45, 7) is 10.8. The summed E-state index contributed by atoms with van der Waals surface area (Å²) in [5.74, 6) is 0. The average Bonchev–Trinajstić information content (AvgIpc) is 2.63. The molecule has 108 valence electrons. The zero-order valence-corrected chi connectivity index (χ0v) is 13.7. The Kier molecular flexibility index (Phi) is 4.62. The number of hydrogen-bond acceptors (Lipinski definition) is 3. The van der Waals surface area contributed by atoms with Gasteiger partial charge in [-0.2, -0.15) is 16.9 Å². The predicted molar refractivity (Wildman–Crippen MR) is 83.9 cm³/mol. The monoisotopic (exact) mass is 281 g/mol. The predicted octanol–water partition coefficient (Wildman–Crippen LogP) is 3.46. The Morgan fingerprint density at radius 2 is 2.11 bits per heavy atom. The SMILES string of the molecule is CCn1nc(C)c(C(C)NCC2(SC)CCC2)c1C.